The highest BCUT2D eigenvalue weighted by Crippen LogP contribution is 2.06. The molecule has 0 bridgehead atoms. The van der Waals surface area contributed by atoms with Crippen LogP contribution in [0.5, 0.6) is 0 Å². The largest absolute Gasteiger partial charge is 0.317 e. The maximum Gasteiger partial charge on any atom is 0.0725 e. The van der Waals surface area contributed by atoms with E-state index in [9.17, 15) is 0 Å². The second-order valence-electron chi connectivity index (χ2n) is 4.07. The zero-order valence-corrected chi connectivity index (χ0v) is 10.0. The molecule has 0 amide bonds. The molecular formula is C11H22N4. The summed E-state index contributed by atoms with van der Waals surface area (Å²) >= 11 is 0. The topological polar surface area (TPSA) is 42.7 Å². The SMILES string of the molecule is CCCn1nncc1CC(C)CNCC. The number of nitrogens with one attached hydrogen (secondary N) is 1. The van der Waals surface area contributed by atoms with E-state index >= 15 is 0 Å². The standard InChI is InChI=1S/C11H22N4/c1-4-6-15-11(9-13-14-15)7-10(3)8-12-5-2/h9-10,12H,4-8H2,1-3H3. The number of nitrogens with zero attached hydrogens (tertiary/aromatic N) is 3. The Bertz CT molecular complexity index is 269. The van der Waals surface area contributed by atoms with Crippen molar-refractivity contribution in [1.29, 1.82) is 0 Å². The smallest absolute Gasteiger partial charge is 0.0725 e. The lowest BCUT2D eigenvalue weighted by Gasteiger charge is -2.12. The summed E-state index contributed by atoms with van der Waals surface area (Å²) in [5, 5.41) is 11.4. The normalized spacial score (nSPS) is 13.0. The second-order valence-corrected chi connectivity index (χ2v) is 4.07. The van der Waals surface area contributed by atoms with E-state index in [1.165, 1.54) is 5.69 Å². The predicted molar refractivity (Wildman–Crippen MR) is 61.7 cm³/mol. The van der Waals surface area contributed by atoms with Crippen molar-refractivity contribution < 1.29 is 0 Å². The Balaban J connectivity index is 2.44. The molecule has 1 atom stereocenters. The van der Waals surface area contributed by atoms with E-state index in [0.717, 1.165) is 32.5 Å². The van der Waals surface area contributed by atoms with Crippen molar-refractivity contribution in [2.24, 2.45) is 5.92 Å². The predicted octanol–water partition coefficient (Wildman–Crippen LogP) is 1.48. The van der Waals surface area contributed by atoms with Crippen LogP contribution in [0.3, 0.4) is 0 Å². The highest BCUT2D eigenvalue weighted by molar-refractivity contribution is 4.95. The van der Waals surface area contributed by atoms with Crippen LogP contribution in [0.1, 0.15) is 32.9 Å². The van der Waals surface area contributed by atoms with Crippen LogP contribution in [0.25, 0.3) is 0 Å². The van der Waals surface area contributed by atoms with E-state index in [4.69, 9.17) is 0 Å². The first-order chi connectivity index (χ1) is 7.27. The van der Waals surface area contributed by atoms with Gasteiger partial charge in [0.15, 0.2) is 0 Å². The molecule has 1 unspecified atom stereocenters. The Labute approximate surface area is 92.1 Å². The number of aromatic nitrogens is 3. The minimum Gasteiger partial charge on any atom is -0.317 e. The summed E-state index contributed by atoms with van der Waals surface area (Å²) in [6, 6.07) is 0. The van der Waals surface area contributed by atoms with Crippen LogP contribution in [-0.2, 0) is 13.0 Å². The van der Waals surface area contributed by atoms with Gasteiger partial charge in [-0.3, -0.25) is 0 Å². The third kappa shape index (κ3) is 4.00. The van der Waals surface area contributed by atoms with Crippen molar-refractivity contribution in [1.82, 2.24) is 20.3 Å². The fourth-order valence-electron chi connectivity index (χ4n) is 1.66. The van der Waals surface area contributed by atoms with Crippen LogP contribution in [0.15, 0.2) is 6.20 Å². The van der Waals surface area contributed by atoms with Gasteiger partial charge in [-0.15, -0.1) is 5.10 Å². The average molecular weight is 210 g/mol. The highest BCUT2D eigenvalue weighted by Gasteiger charge is 2.08. The zero-order chi connectivity index (χ0) is 11.1. The molecule has 0 fully saturated rings. The van der Waals surface area contributed by atoms with Crippen molar-refractivity contribution in [3.63, 3.8) is 0 Å². The lowest BCUT2D eigenvalue weighted by molar-refractivity contribution is 0.483. The second kappa shape index (κ2) is 6.56. The van der Waals surface area contributed by atoms with Gasteiger partial charge in [0.1, 0.15) is 0 Å². The lowest BCUT2D eigenvalue weighted by Crippen LogP contribution is -2.22. The Kier molecular flexibility index (Phi) is 5.32. The fraction of sp³-hybridized carbons (Fsp3) is 0.818. The number of hydrogen-bond donors (Lipinski definition) is 1. The molecule has 1 rings (SSSR count). The summed E-state index contributed by atoms with van der Waals surface area (Å²) in [4.78, 5) is 0. The van der Waals surface area contributed by atoms with E-state index in [-0.39, 0.29) is 0 Å². The molecule has 1 N–H and O–H groups in total. The molecule has 0 aromatic carbocycles. The summed E-state index contributed by atoms with van der Waals surface area (Å²) in [7, 11) is 0. The van der Waals surface area contributed by atoms with Crippen LogP contribution in [-0.4, -0.2) is 28.1 Å². The summed E-state index contributed by atoms with van der Waals surface area (Å²) < 4.78 is 2.02. The molecule has 0 spiro atoms. The molecule has 0 radical (unpaired) electrons. The molecule has 0 saturated carbocycles. The Morgan fingerprint density at radius 1 is 1.47 bits per heavy atom. The summed E-state index contributed by atoms with van der Waals surface area (Å²) in [6.45, 7) is 9.63. The van der Waals surface area contributed by atoms with Gasteiger partial charge in [-0.05, 0) is 31.8 Å². The van der Waals surface area contributed by atoms with E-state index in [2.05, 4.69) is 36.4 Å². The van der Waals surface area contributed by atoms with Crippen molar-refractivity contribution in [3.05, 3.63) is 11.9 Å². The highest BCUT2D eigenvalue weighted by atomic mass is 15.4. The monoisotopic (exact) mass is 210 g/mol. The van der Waals surface area contributed by atoms with Gasteiger partial charge in [0.25, 0.3) is 0 Å². The van der Waals surface area contributed by atoms with Crippen molar-refractivity contribution in [2.75, 3.05) is 13.1 Å². The van der Waals surface area contributed by atoms with Crippen LogP contribution in [0, 0.1) is 5.92 Å². The molecular weight excluding hydrogens is 188 g/mol. The quantitative estimate of drug-likeness (QED) is 0.741. The molecule has 0 aliphatic rings. The van der Waals surface area contributed by atoms with Crippen LogP contribution in [0.2, 0.25) is 0 Å². The van der Waals surface area contributed by atoms with E-state index in [0.29, 0.717) is 5.92 Å². The van der Waals surface area contributed by atoms with Crippen LogP contribution in [0.4, 0.5) is 0 Å². The molecule has 0 aliphatic carbocycles. The van der Waals surface area contributed by atoms with Gasteiger partial charge >= 0.3 is 0 Å². The van der Waals surface area contributed by atoms with E-state index < -0.39 is 0 Å². The molecule has 0 saturated heterocycles. The number of hydrogen-bond acceptors (Lipinski definition) is 3. The van der Waals surface area contributed by atoms with Gasteiger partial charge < -0.3 is 5.32 Å². The third-order valence-electron chi connectivity index (χ3n) is 2.43. The molecule has 1 heterocycles. The molecule has 4 nitrogen and oxygen atoms in total. The summed E-state index contributed by atoms with van der Waals surface area (Å²) in [5.74, 6) is 0.638. The molecule has 1 aromatic rings. The fourth-order valence-corrected chi connectivity index (χ4v) is 1.66. The van der Waals surface area contributed by atoms with Gasteiger partial charge in [-0.1, -0.05) is 26.0 Å². The first kappa shape index (κ1) is 12.2. The Hall–Kier alpha value is -0.900. The first-order valence-corrected chi connectivity index (χ1v) is 5.86. The summed E-state index contributed by atoms with van der Waals surface area (Å²) in [6.07, 6.45) is 4.05. The zero-order valence-electron chi connectivity index (χ0n) is 10.0. The maximum atomic E-state index is 4.09. The lowest BCUT2D eigenvalue weighted by atomic mass is 10.1. The number of aryl methyl sites for hydroxylation is 1. The third-order valence-corrected chi connectivity index (χ3v) is 2.43. The molecule has 15 heavy (non-hydrogen) atoms. The molecule has 86 valence electrons. The van der Waals surface area contributed by atoms with Gasteiger partial charge in [0.2, 0.25) is 0 Å². The molecule has 0 aliphatic heterocycles. The van der Waals surface area contributed by atoms with Gasteiger partial charge in [-0.2, -0.15) is 0 Å². The average Bonchev–Trinajstić information content (AvgIpc) is 2.63. The van der Waals surface area contributed by atoms with Crippen molar-refractivity contribution in [2.45, 2.75) is 40.2 Å². The summed E-state index contributed by atoms with van der Waals surface area (Å²) in [5.41, 5.74) is 1.25. The van der Waals surface area contributed by atoms with Crippen LogP contribution >= 0.6 is 0 Å². The van der Waals surface area contributed by atoms with Gasteiger partial charge in [0, 0.05) is 6.54 Å². The number of rotatable bonds is 7. The van der Waals surface area contributed by atoms with Crippen molar-refractivity contribution in [3.8, 4) is 0 Å². The minimum absolute atomic E-state index is 0.638. The minimum atomic E-state index is 0.638. The van der Waals surface area contributed by atoms with Crippen molar-refractivity contribution >= 4 is 0 Å². The molecule has 4 heteroatoms. The molecule has 1 aromatic heterocycles. The van der Waals surface area contributed by atoms with Gasteiger partial charge in [0.05, 0.1) is 11.9 Å². The Morgan fingerprint density at radius 3 is 2.93 bits per heavy atom. The first-order valence-electron chi connectivity index (χ1n) is 5.86. The maximum absolute atomic E-state index is 4.09. The van der Waals surface area contributed by atoms with E-state index in [1.807, 2.05) is 10.9 Å². The van der Waals surface area contributed by atoms with Gasteiger partial charge in [-0.25, -0.2) is 4.68 Å². The Morgan fingerprint density at radius 2 is 2.27 bits per heavy atom. The van der Waals surface area contributed by atoms with E-state index in [1.54, 1.807) is 0 Å². The van der Waals surface area contributed by atoms with Crippen LogP contribution < -0.4 is 5.32 Å².